The van der Waals surface area contributed by atoms with Gasteiger partial charge in [0.1, 0.15) is 24.3 Å². The van der Waals surface area contributed by atoms with E-state index in [1.807, 2.05) is 18.4 Å². The van der Waals surface area contributed by atoms with Crippen molar-refractivity contribution in [3.05, 3.63) is 59.8 Å². The maximum Gasteiger partial charge on any atom is 0.244 e. The summed E-state index contributed by atoms with van der Waals surface area (Å²) in [5, 5.41) is 26.7. The second kappa shape index (κ2) is 8.28. The van der Waals surface area contributed by atoms with Crippen molar-refractivity contribution < 1.29 is 20.3 Å². The fourth-order valence-electron chi connectivity index (χ4n) is 2.06. The molecule has 122 valence electrons. The summed E-state index contributed by atoms with van der Waals surface area (Å²) in [6, 6.07) is 6.58. The van der Waals surface area contributed by atoms with E-state index in [4.69, 9.17) is 0 Å². The predicted molar refractivity (Wildman–Crippen MR) is 87.9 cm³/mol. The number of carbonyl (C=O) groups is 1. The molecule has 6 N–H and O–H groups in total. The summed E-state index contributed by atoms with van der Waals surface area (Å²) >= 11 is 0. The van der Waals surface area contributed by atoms with Gasteiger partial charge in [-0.3, -0.25) is 4.79 Å². The number of carbonyl (C=O) groups excluding carboxylic acids is 1. The highest BCUT2D eigenvalue weighted by Crippen LogP contribution is 2.10. The maximum atomic E-state index is 11.7. The molecule has 0 radical (unpaired) electrons. The number of aliphatic hydroxyl groups is 1. The summed E-state index contributed by atoms with van der Waals surface area (Å²) in [5.41, 5.74) is 1.59. The molecule has 1 heterocycles. The van der Waals surface area contributed by atoms with Crippen molar-refractivity contribution >= 4 is 12.0 Å². The molecule has 0 saturated heterocycles. The highest BCUT2D eigenvalue weighted by Gasteiger charge is 2.18. The standard InChI is InChI=1S/C17H21N3O3/c1-12-19-11-14(17(23)20-12)3-2-10-18-16(22)9-6-13-4-7-15(21)8-5-13/h2-9,11-12,17,19-21,23H,10H2,1H3,(H,18,22)/p+1. The molecule has 0 saturated carbocycles. The molecule has 23 heavy (non-hydrogen) atoms. The lowest BCUT2D eigenvalue weighted by molar-refractivity contribution is -0.635. The molecule has 0 fully saturated rings. The molecule has 0 bridgehead atoms. The van der Waals surface area contributed by atoms with E-state index in [-0.39, 0.29) is 17.8 Å². The fraction of sp³-hybridized carbons (Fsp3) is 0.235. The van der Waals surface area contributed by atoms with Crippen LogP contribution in [0.1, 0.15) is 12.5 Å². The maximum absolute atomic E-state index is 11.7. The van der Waals surface area contributed by atoms with Crippen LogP contribution in [0.15, 0.2) is 54.3 Å². The normalized spacial score (nSPS) is 21.6. The smallest absolute Gasteiger partial charge is 0.244 e. The van der Waals surface area contributed by atoms with E-state index < -0.39 is 6.23 Å². The Balaban J connectivity index is 1.76. The van der Waals surface area contributed by atoms with E-state index in [1.54, 1.807) is 42.5 Å². The third kappa shape index (κ3) is 5.71. The lowest BCUT2D eigenvalue weighted by Gasteiger charge is -2.21. The van der Waals surface area contributed by atoms with Crippen LogP contribution in [0.3, 0.4) is 0 Å². The molecule has 0 spiro atoms. The molecule has 2 unspecified atom stereocenters. The van der Waals surface area contributed by atoms with Crippen molar-refractivity contribution in [3.63, 3.8) is 0 Å². The number of nitrogens with one attached hydrogen (secondary N) is 2. The molecule has 1 aromatic carbocycles. The molecule has 2 rings (SSSR count). The van der Waals surface area contributed by atoms with Crippen molar-refractivity contribution in [2.75, 3.05) is 6.54 Å². The van der Waals surface area contributed by atoms with E-state index in [1.165, 1.54) is 6.08 Å². The molecule has 2 atom stereocenters. The van der Waals surface area contributed by atoms with Crippen molar-refractivity contribution in [2.24, 2.45) is 0 Å². The summed E-state index contributed by atoms with van der Waals surface area (Å²) in [7, 11) is 0. The average Bonchev–Trinajstić information content (AvgIpc) is 2.52. The summed E-state index contributed by atoms with van der Waals surface area (Å²) in [5.74, 6) is -0.0173. The molecule has 1 aromatic rings. The van der Waals surface area contributed by atoms with Gasteiger partial charge >= 0.3 is 0 Å². The number of aromatic hydroxyl groups is 1. The zero-order valence-electron chi connectivity index (χ0n) is 12.9. The zero-order valence-corrected chi connectivity index (χ0v) is 12.9. The van der Waals surface area contributed by atoms with E-state index in [0.29, 0.717) is 6.54 Å². The fourth-order valence-corrected chi connectivity index (χ4v) is 2.06. The molecular weight excluding hydrogens is 294 g/mol. The van der Waals surface area contributed by atoms with Gasteiger partial charge in [0.15, 0.2) is 0 Å². The Morgan fingerprint density at radius 1 is 1.35 bits per heavy atom. The number of hydrogen-bond acceptors (Lipinski definition) is 4. The monoisotopic (exact) mass is 316 g/mol. The summed E-state index contributed by atoms with van der Waals surface area (Å²) in [6.07, 6.45) is 8.01. The number of benzene rings is 1. The van der Waals surface area contributed by atoms with Crippen LogP contribution in [-0.2, 0) is 4.79 Å². The first kappa shape index (κ1) is 17.0. The topological polar surface area (TPSA) is 98.2 Å². The van der Waals surface area contributed by atoms with Gasteiger partial charge in [-0.2, -0.15) is 0 Å². The SMILES string of the molecule is CC1NC(O)C(C=CCNC(=O)C=Cc2ccc(O)cc2)=C[NH2+]1. The second-order valence-corrected chi connectivity index (χ2v) is 5.29. The zero-order chi connectivity index (χ0) is 16.7. The average molecular weight is 316 g/mol. The summed E-state index contributed by atoms with van der Waals surface area (Å²) in [4.78, 5) is 11.7. The van der Waals surface area contributed by atoms with Gasteiger partial charge in [0, 0.05) is 25.1 Å². The third-order valence-electron chi connectivity index (χ3n) is 3.34. The molecule has 1 amide bonds. The number of rotatable bonds is 5. The Kier molecular flexibility index (Phi) is 6.10. The first-order valence-electron chi connectivity index (χ1n) is 7.45. The van der Waals surface area contributed by atoms with Crippen LogP contribution in [0.2, 0.25) is 0 Å². The number of amides is 1. The van der Waals surface area contributed by atoms with Crippen LogP contribution < -0.4 is 16.0 Å². The van der Waals surface area contributed by atoms with Crippen LogP contribution in [-0.4, -0.2) is 35.1 Å². The van der Waals surface area contributed by atoms with Crippen LogP contribution in [0.25, 0.3) is 6.08 Å². The minimum absolute atomic E-state index is 0.145. The number of nitrogens with two attached hydrogens (primary N) is 1. The number of phenolic OH excluding ortho intramolecular Hbond substituents is 1. The highest BCUT2D eigenvalue weighted by molar-refractivity contribution is 5.91. The molecule has 1 aliphatic heterocycles. The Labute approximate surface area is 135 Å². The lowest BCUT2D eigenvalue weighted by atomic mass is 10.2. The first-order valence-corrected chi connectivity index (χ1v) is 7.45. The molecule has 1 aliphatic rings. The second-order valence-electron chi connectivity index (χ2n) is 5.29. The van der Waals surface area contributed by atoms with Gasteiger partial charge < -0.3 is 20.8 Å². The Bertz CT molecular complexity index is 620. The van der Waals surface area contributed by atoms with Gasteiger partial charge in [-0.25, -0.2) is 5.32 Å². The van der Waals surface area contributed by atoms with Crippen LogP contribution in [0.5, 0.6) is 5.75 Å². The van der Waals surface area contributed by atoms with Crippen molar-refractivity contribution in [1.82, 2.24) is 10.6 Å². The Morgan fingerprint density at radius 2 is 2.09 bits per heavy atom. The summed E-state index contributed by atoms with van der Waals surface area (Å²) < 4.78 is 0. The minimum Gasteiger partial charge on any atom is -0.508 e. The number of hydrogen-bond donors (Lipinski definition) is 5. The van der Waals surface area contributed by atoms with Gasteiger partial charge in [0.2, 0.25) is 5.91 Å². The molecular formula is C17H22N3O3+. The van der Waals surface area contributed by atoms with Crippen LogP contribution >= 0.6 is 0 Å². The van der Waals surface area contributed by atoms with Crippen molar-refractivity contribution in [2.45, 2.75) is 19.3 Å². The van der Waals surface area contributed by atoms with E-state index in [2.05, 4.69) is 10.6 Å². The van der Waals surface area contributed by atoms with Gasteiger partial charge in [0.25, 0.3) is 0 Å². The van der Waals surface area contributed by atoms with Gasteiger partial charge in [-0.05, 0) is 23.8 Å². The quantitative estimate of drug-likeness (QED) is 0.486. The van der Waals surface area contributed by atoms with Gasteiger partial charge in [0.05, 0.1) is 0 Å². The predicted octanol–water partition coefficient (Wildman–Crippen LogP) is -0.207. The first-order chi connectivity index (χ1) is 11.0. The third-order valence-corrected chi connectivity index (χ3v) is 3.34. The molecule has 6 nitrogen and oxygen atoms in total. The number of aliphatic hydroxyl groups excluding tert-OH is 1. The highest BCUT2D eigenvalue weighted by atomic mass is 16.3. The van der Waals surface area contributed by atoms with Gasteiger partial charge in [-0.1, -0.05) is 24.3 Å². The minimum atomic E-state index is -0.684. The number of quaternary nitrogens is 1. The van der Waals surface area contributed by atoms with Gasteiger partial charge in [-0.15, -0.1) is 0 Å². The summed E-state index contributed by atoms with van der Waals surface area (Å²) in [6.45, 7) is 2.33. The number of phenols is 1. The molecule has 0 aliphatic carbocycles. The Hall–Kier alpha value is -2.41. The van der Waals surface area contributed by atoms with Crippen molar-refractivity contribution in [1.29, 1.82) is 0 Å². The van der Waals surface area contributed by atoms with Crippen molar-refractivity contribution in [3.8, 4) is 5.75 Å². The lowest BCUT2D eigenvalue weighted by Crippen LogP contribution is -2.90. The largest absolute Gasteiger partial charge is 0.508 e. The van der Waals surface area contributed by atoms with E-state index in [0.717, 1.165) is 11.1 Å². The van der Waals surface area contributed by atoms with Crippen LogP contribution in [0.4, 0.5) is 0 Å². The molecule has 0 aromatic heterocycles. The van der Waals surface area contributed by atoms with Crippen LogP contribution in [0, 0.1) is 0 Å². The van der Waals surface area contributed by atoms with E-state index in [9.17, 15) is 15.0 Å². The Morgan fingerprint density at radius 3 is 2.78 bits per heavy atom. The molecule has 6 heteroatoms. The van der Waals surface area contributed by atoms with E-state index >= 15 is 0 Å².